The van der Waals surface area contributed by atoms with Gasteiger partial charge in [0.2, 0.25) is 0 Å². The van der Waals surface area contributed by atoms with Crippen LogP contribution in [0.15, 0.2) is 36.4 Å². The molecule has 29 heavy (non-hydrogen) atoms. The van der Waals surface area contributed by atoms with Crippen LogP contribution >= 0.6 is 0 Å². The van der Waals surface area contributed by atoms with E-state index < -0.39 is 12.0 Å². The highest BCUT2D eigenvalue weighted by molar-refractivity contribution is 6.06. The molecular weight excluding hydrogens is 372 g/mol. The van der Waals surface area contributed by atoms with Crippen molar-refractivity contribution in [3.63, 3.8) is 0 Å². The minimum absolute atomic E-state index is 0.0228. The summed E-state index contributed by atoms with van der Waals surface area (Å²) in [7, 11) is 3.14. The van der Waals surface area contributed by atoms with Crippen molar-refractivity contribution in [2.75, 3.05) is 20.8 Å². The summed E-state index contributed by atoms with van der Waals surface area (Å²) in [4.78, 5) is 13.5. The van der Waals surface area contributed by atoms with Crippen LogP contribution in [0.25, 0.3) is 0 Å². The Labute approximate surface area is 169 Å². The molecule has 0 N–H and O–H groups in total. The lowest BCUT2D eigenvalue weighted by Gasteiger charge is -2.37. The van der Waals surface area contributed by atoms with Crippen LogP contribution in [-0.2, 0) is 6.42 Å². The van der Waals surface area contributed by atoms with Gasteiger partial charge in [-0.15, -0.1) is 0 Å². The number of carbonyl (C=O) groups excluding carboxylic acids is 1. The molecule has 0 saturated heterocycles. The number of rotatable bonds is 3. The quantitative estimate of drug-likeness (QED) is 0.740. The second-order valence-corrected chi connectivity index (χ2v) is 7.63. The van der Waals surface area contributed by atoms with Gasteiger partial charge >= 0.3 is 0 Å². The van der Waals surface area contributed by atoms with Crippen LogP contribution in [0, 0.1) is 0 Å². The maximum Gasteiger partial charge on any atom is 0.178 e. The zero-order valence-electron chi connectivity index (χ0n) is 16.6. The average molecular weight is 394 g/mol. The Bertz CT molecular complexity index is 1040. The molecule has 150 valence electrons. The van der Waals surface area contributed by atoms with Crippen LogP contribution < -0.4 is 23.7 Å². The van der Waals surface area contributed by atoms with Crippen molar-refractivity contribution in [1.82, 2.24) is 0 Å². The van der Waals surface area contributed by atoms with Crippen LogP contribution in [0.3, 0.4) is 0 Å². The maximum absolute atomic E-state index is 13.5. The van der Waals surface area contributed by atoms with Gasteiger partial charge in [0, 0.05) is 23.6 Å². The molecular formula is C23H22O6. The van der Waals surface area contributed by atoms with Crippen molar-refractivity contribution in [3.8, 4) is 28.7 Å². The number of hydrogen-bond donors (Lipinski definition) is 0. The van der Waals surface area contributed by atoms with E-state index in [1.54, 1.807) is 26.4 Å². The van der Waals surface area contributed by atoms with Crippen molar-refractivity contribution >= 4 is 5.78 Å². The van der Waals surface area contributed by atoms with E-state index in [1.165, 1.54) is 0 Å². The highest BCUT2D eigenvalue weighted by Gasteiger charge is 2.45. The molecule has 5 rings (SSSR count). The maximum atomic E-state index is 13.5. The third kappa shape index (κ3) is 2.58. The lowest BCUT2D eigenvalue weighted by Crippen LogP contribution is -2.43. The van der Waals surface area contributed by atoms with Crippen LogP contribution in [0.1, 0.15) is 34.3 Å². The molecule has 0 spiro atoms. The highest BCUT2D eigenvalue weighted by atomic mass is 16.5. The molecule has 6 heteroatoms. The second kappa shape index (κ2) is 6.44. The van der Waals surface area contributed by atoms with Gasteiger partial charge in [0.05, 0.1) is 25.7 Å². The Hall–Kier alpha value is -3.15. The van der Waals surface area contributed by atoms with Crippen molar-refractivity contribution in [2.24, 2.45) is 0 Å². The van der Waals surface area contributed by atoms with Crippen LogP contribution in [0.5, 0.6) is 28.7 Å². The summed E-state index contributed by atoms with van der Waals surface area (Å²) in [6.45, 7) is 6.22. The molecule has 3 aliphatic rings. The Kier molecular flexibility index (Phi) is 3.98. The number of hydrogen-bond acceptors (Lipinski definition) is 6. The van der Waals surface area contributed by atoms with Crippen LogP contribution in [-0.4, -0.2) is 38.8 Å². The summed E-state index contributed by atoms with van der Waals surface area (Å²) < 4.78 is 29.0. The first-order valence-electron chi connectivity index (χ1n) is 9.59. The van der Waals surface area contributed by atoms with Gasteiger partial charge in [0.25, 0.3) is 0 Å². The molecule has 0 radical (unpaired) electrons. The van der Waals surface area contributed by atoms with Gasteiger partial charge in [0.1, 0.15) is 36.1 Å². The first-order valence-corrected chi connectivity index (χ1v) is 9.59. The van der Waals surface area contributed by atoms with E-state index >= 15 is 0 Å². The van der Waals surface area contributed by atoms with Crippen molar-refractivity contribution in [2.45, 2.75) is 31.5 Å². The van der Waals surface area contributed by atoms with Gasteiger partial charge in [0.15, 0.2) is 17.3 Å². The van der Waals surface area contributed by atoms with Gasteiger partial charge in [-0.25, -0.2) is 0 Å². The number of benzene rings is 2. The number of Topliss-reactive ketones (excluding diaryl/α,β-unsaturated/α-hetero) is 1. The molecule has 3 aliphatic heterocycles. The van der Waals surface area contributed by atoms with Gasteiger partial charge in [-0.1, -0.05) is 6.58 Å². The second-order valence-electron chi connectivity index (χ2n) is 7.63. The largest absolute Gasteiger partial charge is 0.493 e. The Morgan fingerprint density at radius 3 is 2.59 bits per heavy atom. The van der Waals surface area contributed by atoms with E-state index in [2.05, 4.69) is 6.58 Å². The summed E-state index contributed by atoms with van der Waals surface area (Å²) in [6, 6.07) is 7.23. The molecule has 0 aromatic heterocycles. The summed E-state index contributed by atoms with van der Waals surface area (Å²) in [6.07, 6.45) is 0.157. The molecule has 1 unspecified atom stereocenters. The van der Waals surface area contributed by atoms with Gasteiger partial charge in [-0.05, 0) is 30.7 Å². The Morgan fingerprint density at radius 2 is 1.86 bits per heavy atom. The van der Waals surface area contributed by atoms with Gasteiger partial charge in [-0.2, -0.15) is 0 Å². The van der Waals surface area contributed by atoms with Crippen molar-refractivity contribution in [3.05, 3.63) is 53.1 Å². The Balaban J connectivity index is 1.58. The number of ether oxygens (including phenoxy) is 5. The molecule has 2 aromatic rings. The molecule has 0 aliphatic carbocycles. The zero-order valence-corrected chi connectivity index (χ0v) is 16.6. The standard InChI is InChI=1S/C23H22O6/c1-11(2)16-8-14-15(28-16)6-5-12-22(24)21-13-7-18(25-3)19(26-4)9-17(13)27-10-20(21)29-23(12)14/h5-7,9,16,20-21H,1,8,10H2,2-4H3/t16-,20-,21?/m1/s1. The van der Waals surface area contributed by atoms with E-state index in [1.807, 2.05) is 19.1 Å². The SMILES string of the molecule is C=C(C)[C@H]1Cc2c(ccc3c2O[C@@H]2COc4cc(OC)c(OC)cc4C2C3=O)O1. The van der Waals surface area contributed by atoms with Crippen molar-refractivity contribution in [1.29, 1.82) is 0 Å². The highest BCUT2D eigenvalue weighted by Crippen LogP contribution is 2.49. The Morgan fingerprint density at radius 1 is 1.10 bits per heavy atom. The fourth-order valence-corrected chi connectivity index (χ4v) is 4.34. The lowest BCUT2D eigenvalue weighted by atomic mass is 9.81. The molecule has 0 saturated carbocycles. The molecule has 2 aromatic carbocycles. The normalized spacial score (nSPS) is 23.4. The molecule has 0 bridgehead atoms. The molecule has 6 nitrogen and oxygen atoms in total. The number of carbonyl (C=O) groups is 1. The lowest BCUT2D eigenvalue weighted by molar-refractivity contribution is 0.0554. The minimum atomic E-state index is -0.455. The first kappa shape index (κ1) is 17.9. The van der Waals surface area contributed by atoms with Gasteiger partial charge in [-0.3, -0.25) is 4.79 Å². The summed E-state index contributed by atoms with van der Waals surface area (Å²) >= 11 is 0. The molecule has 0 fully saturated rings. The number of methoxy groups -OCH3 is 2. The molecule has 3 heterocycles. The van der Waals surface area contributed by atoms with E-state index in [-0.39, 0.29) is 18.5 Å². The topological polar surface area (TPSA) is 63.2 Å². The smallest absolute Gasteiger partial charge is 0.178 e. The first-order chi connectivity index (χ1) is 14.0. The molecule has 0 amide bonds. The van der Waals surface area contributed by atoms with E-state index in [4.69, 9.17) is 23.7 Å². The fourth-order valence-electron chi connectivity index (χ4n) is 4.34. The van der Waals surface area contributed by atoms with Crippen LogP contribution in [0.4, 0.5) is 0 Å². The summed E-state index contributed by atoms with van der Waals surface area (Å²) in [5.41, 5.74) is 3.22. The summed E-state index contributed by atoms with van der Waals surface area (Å²) in [5.74, 6) is 2.68. The molecule has 3 atom stereocenters. The third-order valence-corrected chi connectivity index (χ3v) is 5.87. The fraction of sp³-hybridized carbons (Fsp3) is 0.348. The monoisotopic (exact) mass is 394 g/mol. The number of ketones is 1. The van der Waals surface area contributed by atoms with Crippen molar-refractivity contribution < 1.29 is 28.5 Å². The average Bonchev–Trinajstić information content (AvgIpc) is 3.17. The van der Waals surface area contributed by atoms with E-state index in [9.17, 15) is 4.79 Å². The van der Waals surface area contributed by atoms with E-state index in [0.717, 1.165) is 22.4 Å². The predicted octanol–water partition coefficient (Wildman–Crippen LogP) is 3.70. The van der Waals surface area contributed by atoms with Gasteiger partial charge < -0.3 is 23.7 Å². The zero-order chi connectivity index (χ0) is 20.3. The third-order valence-electron chi connectivity index (χ3n) is 5.87. The van der Waals surface area contributed by atoms with Crippen LogP contribution in [0.2, 0.25) is 0 Å². The number of fused-ring (bicyclic) bond motifs is 6. The predicted molar refractivity (Wildman–Crippen MR) is 106 cm³/mol. The summed E-state index contributed by atoms with van der Waals surface area (Å²) in [5, 5.41) is 0. The minimum Gasteiger partial charge on any atom is -0.493 e. The van der Waals surface area contributed by atoms with E-state index in [0.29, 0.717) is 35.0 Å².